The standard InChI is InChI=1S/C11H12N2S/c1-8(2)10-7-9(3-4-12-10)11-13-5-6-14-11/h3-8H,1-2H3. The van der Waals surface area contributed by atoms with Crippen LogP contribution >= 0.6 is 11.3 Å². The number of aromatic nitrogens is 2. The van der Waals surface area contributed by atoms with E-state index in [4.69, 9.17) is 0 Å². The average Bonchev–Trinajstić information content (AvgIpc) is 2.71. The summed E-state index contributed by atoms with van der Waals surface area (Å²) in [5, 5.41) is 3.06. The maximum atomic E-state index is 4.33. The van der Waals surface area contributed by atoms with Gasteiger partial charge in [0.25, 0.3) is 0 Å². The van der Waals surface area contributed by atoms with Gasteiger partial charge in [0.2, 0.25) is 0 Å². The van der Waals surface area contributed by atoms with Crippen molar-refractivity contribution in [2.75, 3.05) is 0 Å². The Hall–Kier alpha value is -1.22. The Balaban J connectivity index is 2.41. The Kier molecular flexibility index (Phi) is 2.59. The van der Waals surface area contributed by atoms with Crippen molar-refractivity contribution in [2.45, 2.75) is 19.8 Å². The van der Waals surface area contributed by atoms with Gasteiger partial charge < -0.3 is 0 Å². The highest BCUT2D eigenvalue weighted by Gasteiger charge is 2.04. The zero-order valence-corrected chi connectivity index (χ0v) is 9.08. The first-order valence-corrected chi connectivity index (χ1v) is 5.51. The maximum absolute atomic E-state index is 4.33. The summed E-state index contributed by atoms with van der Waals surface area (Å²) in [6.07, 6.45) is 3.68. The summed E-state index contributed by atoms with van der Waals surface area (Å²) < 4.78 is 0. The number of nitrogens with zero attached hydrogens (tertiary/aromatic N) is 2. The normalized spacial score (nSPS) is 10.8. The SMILES string of the molecule is CC(C)c1cc(-c2nccs2)ccn1. The molecule has 0 N–H and O–H groups in total. The van der Waals surface area contributed by atoms with Crippen molar-refractivity contribution < 1.29 is 0 Å². The van der Waals surface area contributed by atoms with Gasteiger partial charge in [-0.1, -0.05) is 13.8 Å². The lowest BCUT2D eigenvalue weighted by molar-refractivity contribution is 0.823. The molecule has 2 aromatic rings. The molecule has 2 nitrogen and oxygen atoms in total. The van der Waals surface area contributed by atoms with E-state index in [0.29, 0.717) is 5.92 Å². The van der Waals surface area contributed by atoms with Crippen molar-refractivity contribution >= 4 is 11.3 Å². The fourth-order valence-corrected chi connectivity index (χ4v) is 1.90. The first-order valence-electron chi connectivity index (χ1n) is 4.63. The number of rotatable bonds is 2. The minimum absolute atomic E-state index is 0.468. The number of hydrogen-bond acceptors (Lipinski definition) is 3. The van der Waals surface area contributed by atoms with Crippen LogP contribution < -0.4 is 0 Å². The van der Waals surface area contributed by atoms with Crippen molar-refractivity contribution in [2.24, 2.45) is 0 Å². The van der Waals surface area contributed by atoms with Gasteiger partial charge in [-0.3, -0.25) is 4.98 Å². The van der Waals surface area contributed by atoms with Gasteiger partial charge in [-0.15, -0.1) is 11.3 Å². The van der Waals surface area contributed by atoms with Crippen LogP contribution in [0.1, 0.15) is 25.5 Å². The molecule has 0 spiro atoms. The Morgan fingerprint density at radius 2 is 2.07 bits per heavy atom. The second-order valence-corrected chi connectivity index (χ2v) is 4.36. The Bertz CT molecular complexity index is 407. The Morgan fingerprint density at radius 1 is 1.21 bits per heavy atom. The first kappa shape index (κ1) is 9.34. The predicted molar refractivity (Wildman–Crippen MR) is 59.4 cm³/mol. The van der Waals surface area contributed by atoms with E-state index in [9.17, 15) is 0 Å². The van der Waals surface area contributed by atoms with Gasteiger partial charge in [-0.05, 0) is 18.1 Å². The Morgan fingerprint density at radius 3 is 2.71 bits per heavy atom. The molecule has 0 aromatic carbocycles. The quantitative estimate of drug-likeness (QED) is 0.750. The molecule has 0 fully saturated rings. The molecule has 2 heterocycles. The average molecular weight is 204 g/mol. The van der Waals surface area contributed by atoms with E-state index < -0.39 is 0 Å². The molecule has 0 radical (unpaired) electrons. The topological polar surface area (TPSA) is 25.8 Å². The summed E-state index contributed by atoms with van der Waals surface area (Å²) in [6, 6.07) is 4.12. The highest BCUT2D eigenvalue weighted by Crippen LogP contribution is 2.23. The van der Waals surface area contributed by atoms with Crippen LogP contribution in [0.4, 0.5) is 0 Å². The van der Waals surface area contributed by atoms with Crippen LogP contribution in [-0.2, 0) is 0 Å². The van der Waals surface area contributed by atoms with Gasteiger partial charge in [-0.25, -0.2) is 4.98 Å². The van der Waals surface area contributed by atoms with E-state index in [1.165, 1.54) is 5.56 Å². The molecular formula is C11H12N2S. The highest BCUT2D eigenvalue weighted by atomic mass is 32.1. The molecule has 0 bridgehead atoms. The van der Waals surface area contributed by atoms with Gasteiger partial charge in [0.1, 0.15) is 5.01 Å². The van der Waals surface area contributed by atoms with Crippen molar-refractivity contribution in [1.82, 2.24) is 9.97 Å². The summed E-state index contributed by atoms with van der Waals surface area (Å²) in [5.41, 5.74) is 2.29. The van der Waals surface area contributed by atoms with E-state index in [1.807, 2.05) is 23.8 Å². The molecule has 2 rings (SSSR count). The van der Waals surface area contributed by atoms with E-state index in [0.717, 1.165) is 10.7 Å². The third-order valence-electron chi connectivity index (χ3n) is 2.05. The summed E-state index contributed by atoms with van der Waals surface area (Å²) in [4.78, 5) is 8.60. The predicted octanol–water partition coefficient (Wildman–Crippen LogP) is 3.33. The largest absolute Gasteiger partial charge is 0.261 e. The van der Waals surface area contributed by atoms with Crippen LogP contribution in [0, 0.1) is 0 Å². The molecule has 72 valence electrons. The summed E-state index contributed by atoms with van der Waals surface area (Å²) in [6.45, 7) is 4.29. The van der Waals surface area contributed by atoms with Gasteiger partial charge in [0.15, 0.2) is 0 Å². The van der Waals surface area contributed by atoms with Gasteiger partial charge in [0, 0.05) is 29.0 Å². The summed E-state index contributed by atoms with van der Waals surface area (Å²) in [7, 11) is 0. The van der Waals surface area contributed by atoms with Crippen molar-refractivity contribution in [3.05, 3.63) is 35.6 Å². The third-order valence-corrected chi connectivity index (χ3v) is 2.87. The van der Waals surface area contributed by atoms with Crippen LogP contribution in [0.15, 0.2) is 29.9 Å². The number of pyridine rings is 1. The lowest BCUT2D eigenvalue weighted by Crippen LogP contribution is -1.91. The summed E-state index contributed by atoms with van der Waals surface area (Å²) >= 11 is 1.66. The molecule has 0 aliphatic carbocycles. The van der Waals surface area contributed by atoms with Gasteiger partial charge in [-0.2, -0.15) is 0 Å². The zero-order chi connectivity index (χ0) is 9.97. The van der Waals surface area contributed by atoms with Crippen LogP contribution in [0.5, 0.6) is 0 Å². The Labute approximate surface area is 87.7 Å². The maximum Gasteiger partial charge on any atom is 0.123 e. The van der Waals surface area contributed by atoms with Crippen molar-refractivity contribution in [3.63, 3.8) is 0 Å². The molecule has 0 amide bonds. The molecule has 0 aliphatic heterocycles. The fraction of sp³-hybridized carbons (Fsp3) is 0.273. The molecule has 0 saturated carbocycles. The van der Waals surface area contributed by atoms with Gasteiger partial charge >= 0.3 is 0 Å². The minimum atomic E-state index is 0.468. The minimum Gasteiger partial charge on any atom is -0.261 e. The van der Waals surface area contributed by atoms with E-state index in [-0.39, 0.29) is 0 Å². The number of hydrogen-bond donors (Lipinski definition) is 0. The van der Waals surface area contributed by atoms with Crippen molar-refractivity contribution in [3.8, 4) is 10.6 Å². The molecule has 0 atom stereocenters. The second-order valence-electron chi connectivity index (χ2n) is 3.46. The molecule has 0 aliphatic rings. The van der Waals surface area contributed by atoms with Crippen LogP contribution in [-0.4, -0.2) is 9.97 Å². The molecular weight excluding hydrogens is 192 g/mol. The molecule has 14 heavy (non-hydrogen) atoms. The monoisotopic (exact) mass is 204 g/mol. The highest BCUT2D eigenvalue weighted by molar-refractivity contribution is 7.13. The van der Waals surface area contributed by atoms with Crippen LogP contribution in [0.2, 0.25) is 0 Å². The second kappa shape index (κ2) is 3.88. The lowest BCUT2D eigenvalue weighted by Gasteiger charge is -2.04. The molecule has 3 heteroatoms. The molecule has 2 aromatic heterocycles. The van der Waals surface area contributed by atoms with E-state index >= 15 is 0 Å². The third kappa shape index (κ3) is 1.82. The van der Waals surface area contributed by atoms with Crippen molar-refractivity contribution in [1.29, 1.82) is 0 Å². The first-order chi connectivity index (χ1) is 6.77. The van der Waals surface area contributed by atoms with E-state index in [2.05, 4.69) is 29.9 Å². The van der Waals surface area contributed by atoms with Crippen LogP contribution in [0.25, 0.3) is 10.6 Å². The lowest BCUT2D eigenvalue weighted by atomic mass is 10.1. The van der Waals surface area contributed by atoms with Gasteiger partial charge in [0.05, 0.1) is 0 Å². The fourth-order valence-electron chi connectivity index (χ4n) is 1.26. The van der Waals surface area contributed by atoms with Crippen LogP contribution in [0.3, 0.4) is 0 Å². The number of thiazole rings is 1. The zero-order valence-electron chi connectivity index (χ0n) is 8.27. The van der Waals surface area contributed by atoms with E-state index in [1.54, 1.807) is 11.3 Å². The smallest absolute Gasteiger partial charge is 0.123 e. The molecule has 0 saturated heterocycles. The summed E-state index contributed by atoms with van der Waals surface area (Å²) in [5.74, 6) is 0.468. The molecule has 0 unspecified atom stereocenters.